The first-order valence-electron chi connectivity index (χ1n) is 3.55. The second-order valence-electron chi connectivity index (χ2n) is 2.39. The highest BCUT2D eigenvalue weighted by Gasteiger charge is 1.96. The van der Waals surface area contributed by atoms with Crippen molar-refractivity contribution in [3.05, 3.63) is 28.8 Å². The summed E-state index contributed by atoms with van der Waals surface area (Å²) in [5.41, 5.74) is 1.82. The fourth-order valence-electron chi connectivity index (χ4n) is 0.806. The smallest absolute Gasteiger partial charge is 0.0946 e. The largest absolute Gasteiger partial charge is 0.229 e. The first kappa shape index (κ1) is 8.98. The maximum Gasteiger partial charge on any atom is 0.0946 e. The lowest BCUT2D eigenvalue weighted by molar-refractivity contribution is 1.42. The zero-order valence-electron chi connectivity index (χ0n) is 7.00. The van der Waals surface area contributed by atoms with Crippen LogP contribution in [0, 0.1) is 6.92 Å². The van der Waals surface area contributed by atoms with Crippen molar-refractivity contribution in [1.29, 1.82) is 0 Å². The van der Waals surface area contributed by atoms with E-state index in [0.717, 1.165) is 5.56 Å². The average Bonchev–Trinajstić information content (AvgIpc) is 2.03. The molecular formula is C9H9ClN2. The molecule has 0 bridgehead atoms. The molecule has 1 rings (SSSR count). The van der Waals surface area contributed by atoms with E-state index in [4.69, 9.17) is 11.6 Å². The third-order valence-corrected chi connectivity index (χ3v) is 1.68. The Morgan fingerprint density at radius 1 is 1.42 bits per heavy atom. The average molecular weight is 181 g/mol. The molecule has 0 heterocycles. The van der Waals surface area contributed by atoms with Crippen molar-refractivity contribution < 1.29 is 0 Å². The minimum atomic E-state index is 0.631. The lowest BCUT2D eigenvalue weighted by Crippen LogP contribution is -1.72. The zero-order valence-corrected chi connectivity index (χ0v) is 7.76. The number of hydrogen-bond acceptors (Lipinski definition) is 2. The molecular weight excluding hydrogens is 172 g/mol. The van der Waals surface area contributed by atoms with Crippen LogP contribution < -0.4 is 0 Å². The summed E-state index contributed by atoms with van der Waals surface area (Å²) in [5, 5.41) is 0.631. The van der Waals surface area contributed by atoms with Crippen molar-refractivity contribution in [3.63, 3.8) is 0 Å². The summed E-state index contributed by atoms with van der Waals surface area (Å²) in [6.07, 6.45) is 0. The number of halogens is 1. The molecule has 0 saturated carbocycles. The number of aryl methyl sites for hydroxylation is 1. The molecule has 0 spiro atoms. The second-order valence-corrected chi connectivity index (χ2v) is 2.80. The summed E-state index contributed by atoms with van der Waals surface area (Å²) in [6, 6.07) is 8.14. The van der Waals surface area contributed by atoms with Gasteiger partial charge in [-0.25, -0.2) is 4.99 Å². The van der Waals surface area contributed by atoms with Crippen molar-refractivity contribution in [2.24, 2.45) is 9.98 Å². The van der Waals surface area contributed by atoms with Crippen LogP contribution in [0.25, 0.3) is 0 Å². The predicted molar refractivity (Wildman–Crippen MR) is 51.6 cm³/mol. The molecule has 0 N–H and O–H groups in total. The summed E-state index contributed by atoms with van der Waals surface area (Å²) in [6.45, 7) is 1.98. The van der Waals surface area contributed by atoms with Gasteiger partial charge in [0.25, 0.3) is 0 Å². The van der Waals surface area contributed by atoms with Gasteiger partial charge in [-0.1, -0.05) is 17.7 Å². The summed E-state index contributed by atoms with van der Waals surface area (Å²) in [5.74, 6) is 0. The highest BCUT2D eigenvalue weighted by atomic mass is 35.5. The van der Waals surface area contributed by atoms with Gasteiger partial charge in [0.15, 0.2) is 0 Å². The van der Waals surface area contributed by atoms with Crippen molar-refractivity contribution in [1.82, 2.24) is 0 Å². The van der Waals surface area contributed by atoms with Gasteiger partial charge in [-0.2, -0.15) is 4.99 Å². The van der Waals surface area contributed by atoms with E-state index in [0.29, 0.717) is 10.7 Å². The maximum atomic E-state index is 5.89. The zero-order chi connectivity index (χ0) is 8.97. The summed E-state index contributed by atoms with van der Waals surface area (Å²) >= 11 is 5.89. The SMILES string of the molecule is CN=C=Nc1ccc(C)cc1Cl. The van der Waals surface area contributed by atoms with Crippen LogP contribution in [0.5, 0.6) is 0 Å². The minimum absolute atomic E-state index is 0.631. The van der Waals surface area contributed by atoms with Crippen molar-refractivity contribution >= 4 is 23.3 Å². The van der Waals surface area contributed by atoms with Crippen LogP contribution in [-0.4, -0.2) is 13.1 Å². The molecule has 3 heteroatoms. The Bertz CT molecular complexity index is 338. The molecule has 0 aliphatic rings. The molecule has 1 aromatic rings. The fourth-order valence-corrected chi connectivity index (χ4v) is 1.08. The van der Waals surface area contributed by atoms with E-state index in [1.165, 1.54) is 0 Å². The molecule has 0 aromatic heterocycles. The molecule has 12 heavy (non-hydrogen) atoms. The van der Waals surface area contributed by atoms with E-state index in [-0.39, 0.29) is 0 Å². The molecule has 0 atom stereocenters. The Hall–Kier alpha value is -1.11. The Kier molecular flexibility index (Phi) is 3.03. The summed E-state index contributed by atoms with van der Waals surface area (Å²) in [4.78, 5) is 7.54. The molecule has 0 amide bonds. The van der Waals surface area contributed by atoms with Crippen LogP contribution in [0.4, 0.5) is 5.69 Å². The van der Waals surface area contributed by atoms with Crippen molar-refractivity contribution in [2.45, 2.75) is 6.92 Å². The topological polar surface area (TPSA) is 24.7 Å². The molecule has 2 nitrogen and oxygen atoms in total. The van der Waals surface area contributed by atoms with Crippen LogP contribution >= 0.6 is 11.6 Å². The van der Waals surface area contributed by atoms with E-state index >= 15 is 0 Å². The molecule has 1 aromatic carbocycles. The van der Waals surface area contributed by atoms with Gasteiger partial charge in [0.1, 0.15) is 0 Å². The molecule has 0 aliphatic carbocycles. The van der Waals surface area contributed by atoms with Crippen LogP contribution in [0.1, 0.15) is 5.56 Å². The summed E-state index contributed by atoms with van der Waals surface area (Å²) < 4.78 is 0. The van der Waals surface area contributed by atoms with Gasteiger partial charge >= 0.3 is 0 Å². The summed E-state index contributed by atoms with van der Waals surface area (Å²) in [7, 11) is 1.62. The second kappa shape index (κ2) is 4.05. The van der Waals surface area contributed by atoms with Gasteiger partial charge in [-0.3, -0.25) is 0 Å². The highest BCUT2D eigenvalue weighted by Crippen LogP contribution is 2.24. The van der Waals surface area contributed by atoms with Gasteiger partial charge in [-0.05, 0) is 24.6 Å². The van der Waals surface area contributed by atoms with Gasteiger partial charge in [0.05, 0.1) is 16.7 Å². The van der Waals surface area contributed by atoms with Gasteiger partial charge in [-0.15, -0.1) is 0 Å². The lowest BCUT2D eigenvalue weighted by atomic mass is 10.2. The lowest BCUT2D eigenvalue weighted by Gasteiger charge is -1.96. The first-order valence-corrected chi connectivity index (χ1v) is 3.92. The Morgan fingerprint density at radius 2 is 2.17 bits per heavy atom. The number of hydrogen-bond donors (Lipinski definition) is 0. The van der Waals surface area contributed by atoms with Gasteiger partial charge in [0.2, 0.25) is 0 Å². The van der Waals surface area contributed by atoms with Crippen molar-refractivity contribution in [2.75, 3.05) is 7.05 Å². The number of benzene rings is 1. The van der Waals surface area contributed by atoms with Crippen LogP contribution in [0.15, 0.2) is 28.2 Å². The maximum absolute atomic E-state index is 5.89. The van der Waals surface area contributed by atoms with Crippen LogP contribution in [0.3, 0.4) is 0 Å². The van der Waals surface area contributed by atoms with Gasteiger partial charge in [0, 0.05) is 7.05 Å². The molecule has 0 saturated heterocycles. The first-order chi connectivity index (χ1) is 5.74. The molecule has 62 valence electrons. The standard InChI is InChI=1S/C9H9ClN2/c1-7-3-4-9(8(10)5-7)12-6-11-2/h3-5H,1-2H3. The highest BCUT2D eigenvalue weighted by molar-refractivity contribution is 6.33. The normalized spacial score (nSPS) is 8.92. The fraction of sp³-hybridized carbons (Fsp3) is 0.222. The van der Waals surface area contributed by atoms with E-state index < -0.39 is 0 Å². The Balaban J connectivity index is 3.10. The molecule has 0 aliphatic heterocycles. The monoisotopic (exact) mass is 180 g/mol. The third kappa shape index (κ3) is 2.19. The molecule has 0 fully saturated rings. The van der Waals surface area contributed by atoms with Crippen LogP contribution in [-0.2, 0) is 0 Å². The molecule has 0 radical (unpaired) electrons. The Labute approximate surface area is 76.6 Å². The van der Waals surface area contributed by atoms with E-state index in [1.54, 1.807) is 7.05 Å². The van der Waals surface area contributed by atoms with Crippen molar-refractivity contribution in [3.8, 4) is 0 Å². The van der Waals surface area contributed by atoms with Crippen LogP contribution in [0.2, 0.25) is 5.02 Å². The quantitative estimate of drug-likeness (QED) is 0.594. The number of rotatable bonds is 1. The third-order valence-electron chi connectivity index (χ3n) is 1.37. The van der Waals surface area contributed by atoms with Gasteiger partial charge < -0.3 is 0 Å². The predicted octanol–water partition coefficient (Wildman–Crippen LogP) is 3.08. The minimum Gasteiger partial charge on any atom is -0.229 e. The number of nitrogens with zero attached hydrogens (tertiary/aromatic N) is 2. The molecule has 0 unspecified atom stereocenters. The Morgan fingerprint density at radius 3 is 2.75 bits per heavy atom. The van der Waals surface area contributed by atoms with E-state index in [9.17, 15) is 0 Å². The van der Waals surface area contributed by atoms with E-state index in [2.05, 4.69) is 16.0 Å². The van der Waals surface area contributed by atoms with E-state index in [1.807, 2.05) is 25.1 Å². The number of aliphatic imine (C=N–C) groups is 2.